The summed E-state index contributed by atoms with van der Waals surface area (Å²) < 4.78 is 18.8. The lowest BCUT2D eigenvalue weighted by Crippen LogP contribution is -2.21. The van der Waals surface area contributed by atoms with E-state index in [0.717, 1.165) is 0 Å². The van der Waals surface area contributed by atoms with Crippen LogP contribution < -0.4 is 5.32 Å². The SMILES string of the molecule is O=C1N[C@@H](c2cccc(F)c2)c2c1n[nH]c2-c1ccco1. The van der Waals surface area contributed by atoms with Gasteiger partial charge in [0.1, 0.15) is 11.5 Å². The normalized spacial score (nSPS) is 16.8. The molecule has 1 aliphatic rings. The Labute approximate surface area is 118 Å². The van der Waals surface area contributed by atoms with Gasteiger partial charge in [-0.3, -0.25) is 9.89 Å². The molecule has 2 aromatic heterocycles. The molecule has 0 unspecified atom stereocenters. The van der Waals surface area contributed by atoms with Gasteiger partial charge in [0.05, 0.1) is 12.3 Å². The lowest BCUT2D eigenvalue weighted by molar-refractivity contribution is 0.0955. The molecule has 0 spiro atoms. The molecule has 0 radical (unpaired) electrons. The second-order valence-corrected chi connectivity index (χ2v) is 4.80. The fourth-order valence-electron chi connectivity index (χ4n) is 2.62. The van der Waals surface area contributed by atoms with Crippen molar-refractivity contribution in [2.45, 2.75) is 6.04 Å². The minimum atomic E-state index is -0.443. The van der Waals surface area contributed by atoms with Crippen molar-refractivity contribution in [2.24, 2.45) is 0 Å². The second-order valence-electron chi connectivity index (χ2n) is 4.80. The summed E-state index contributed by atoms with van der Waals surface area (Å²) in [5, 5.41) is 9.68. The van der Waals surface area contributed by atoms with Crippen molar-refractivity contribution in [3.8, 4) is 11.5 Å². The highest BCUT2D eigenvalue weighted by Gasteiger charge is 2.36. The quantitative estimate of drug-likeness (QED) is 0.759. The first-order valence-corrected chi connectivity index (χ1v) is 6.42. The highest BCUT2D eigenvalue weighted by molar-refractivity contribution is 5.99. The molecule has 104 valence electrons. The maximum absolute atomic E-state index is 13.4. The molecule has 3 heterocycles. The van der Waals surface area contributed by atoms with Crippen LogP contribution in [0, 0.1) is 5.82 Å². The van der Waals surface area contributed by atoms with Crippen LogP contribution in [0.15, 0.2) is 47.1 Å². The van der Waals surface area contributed by atoms with Gasteiger partial charge in [0.2, 0.25) is 0 Å². The Morgan fingerprint density at radius 2 is 2.14 bits per heavy atom. The number of hydrogen-bond donors (Lipinski definition) is 2. The molecule has 6 heteroatoms. The zero-order valence-electron chi connectivity index (χ0n) is 10.8. The highest BCUT2D eigenvalue weighted by atomic mass is 19.1. The number of carbonyl (C=O) groups excluding carboxylic acids is 1. The molecule has 0 bridgehead atoms. The fraction of sp³-hybridized carbons (Fsp3) is 0.0667. The smallest absolute Gasteiger partial charge is 0.272 e. The van der Waals surface area contributed by atoms with Crippen molar-refractivity contribution in [3.05, 3.63) is 65.3 Å². The molecular formula is C15H10FN3O2. The number of fused-ring (bicyclic) bond motifs is 1. The first-order valence-electron chi connectivity index (χ1n) is 6.42. The Kier molecular flexibility index (Phi) is 2.44. The van der Waals surface area contributed by atoms with Gasteiger partial charge in [-0.1, -0.05) is 12.1 Å². The van der Waals surface area contributed by atoms with E-state index in [1.165, 1.54) is 12.1 Å². The van der Waals surface area contributed by atoms with Gasteiger partial charge in [-0.15, -0.1) is 0 Å². The van der Waals surface area contributed by atoms with E-state index in [1.54, 1.807) is 30.5 Å². The summed E-state index contributed by atoms with van der Waals surface area (Å²) in [4.78, 5) is 12.0. The highest BCUT2D eigenvalue weighted by Crippen LogP contribution is 2.37. The van der Waals surface area contributed by atoms with Crippen LogP contribution in [0.3, 0.4) is 0 Å². The van der Waals surface area contributed by atoms with Gasteiger partial charge < -0.3 is 9.73 Å². The largest absolute Gasteiger partial charge is 0.463 e. The average Bonchev–Trinajstić information content (AvgIpc) is 3.16. The Morgan fingerprint density at radius 3 is 2.90 bits per heavy atom. The minimum absolute atomic E-state index is 0.284. The van der Waals surface area contributed by atoms with Gasteiger partial charge >= 0.3 is 0 Å². The topological polar surface area (TPSA) is 70.9 Å². The summed E-state index contributed by atoms with van der Waals surface area (Å²) >= 11 is 0. The number of aromatic amines is 1. The molecule has 1 atom stereocenters. The molecule has 1 amide bonds. The lowest BCUT2D eigenvalue weighted by atomic mass is 9.99. The average molecular weight is 283 g/mol. The molecule has 2 N–H and O–H groups in total. The Morgan fingerprint density at radius 1 is 1.24 bits per heavy atom. The predicted octanol–water partition coefficient (Wildman–Crippen LogP) is 2.64. The Hall–Kier alpha value is -2.89. The van der Waals surface area contributed by atoms with Crippen molar-refractivity contribution in [3.63, 3.8) is 0 Å². The number of amides is 1. The maximum atomic E-state index is 13.4. The van der Waals surface area contributed by atoms with Crippen LogP contribution in [0.4, 0.5) is 4.39 Å². The number of halogens is 1. The molecule has 0 saturated heterocycles. The molecule has 0 saturated carbocycles. The number of nitrogens with one attached hydrogen (secondary N) is 2. The van der Waals surface area contributed by atoms with Crippen molar-refractivity contribution in [1.82, 2.24) is 15.5 Å². The van der Waals surface area contributed by atoms with Crippen molar-refractivity contribution < 1.29 is 13.6 Å². The van der Waals surface area contributed by atoms with Crippen LogP contribution in [0.25, 0.3) is 11.5 Å². The number of H-pyrrole nitrogens is 1. The molecule has 3 aromatic rings. The molecule has 0 aliphatic carbocycles. The summed E-state index contributed by atoms with van der Waals surface area (Å²) in [6.45, 7) is 0. The van der Waals surface area contributed by atoms with E-state index in [-0.39, 0.29) is 11.7 Å². The van der Waals surface area contributed by atoms with E-state index in [9.17, 15) is 9.18 Å². The van der Waals surface area contributed by atoms with Gasteiger partial charge in [-0.25, -0.2) is 4.39 Å². The molecule has 5 nitrogen and oxygen atoms in total. The van der Waals surface area contributed by atoms with Gasteiger partial charge in [-0.05, 0) is 29.8 Å². The van der Waals surface area contributed by atoms with Crippen LogP contribution >= 0.6 is 0 Å². The number of carbonyl (C=O) groups is 1. The standard InChI is InChI=1S/C15H10FN3O2/c16-9-4-1-3-8(7-9)12-11-13(10-5-2-6-21-10)18-19-14(11)15(20)17-12/h1-7,12H,(H,17,20)(H,18,19)/t12-/m0/s1. The number of benzene rings is 1. The summed E-state index contributed by atoms with van der Waals surface area (Å²) in [6, 6.07) is 9.23. The predicted molar refractivity (Wildman–Crippen MR) is 72.0 cm³/mol. The number of nitrogens with zero attached hydrogens (tertiary/aromatic N) is 1. The number of furan rings is 1. The lowest BCUT2D eigenvalue weighted by Gasteiger charge is -2.12. The third kappa shape index (κ3) is 1.76. The first-order chi connectivity index (χ1) is 10.2. The third-order valence-electron chi connectivity index (χ3n) is 3.53. The monoisotopic (exact) mass is 283 g/mol. The van der Waals surface area contributed by atoms with Crippen LogP contribution in [-0.4, -0.2) is 16.1 Å². The molecule has 1 aromatic carbocycles. The van der Waals surface area contributed by atoms with Crippen molar-refractivity contribution >= 4 is 5.91 Å². The Balaban J connectivity index is 1.88. The van der Waals surface area contributed by atoms with E-state index in [0.29, 0.717) is 28.3 Å². The maximum Gasteiger partial charge on any atom is 0.272 e. The van der Waals surface area contributed by atoms with E-state index in [4.69, 9.17) is 4.42 Å². The van der Waals surface area contributed by atoms with E-state index < -0.39 is 6.04 Å². The van der Waals surface area contributed by atoms with E-state index in [1.807, 2.05) is 0 Å². The molecular weight excluding hydrogens is 273 g/mol. The summed E-state index contributed by atoms with van der Waals surface area (Å²) in [5.74, 6) is -0.0480. The van der Waals surface area contributed by atoms with E-state index >= 15 is 0 Å². The minimum Gasteiger partial charge on any atom is -0.463 e. The zero-order chi connectivity index (χ0) is 14.4. The van der Waals surface area contributed by atoms with Crippen LogP contribution in [0.2, 0.25) is 0 Å². The van der Waals surface area contributed by atoms with Crippen LogP contribution in [0.1, 0.15) is 27.7 Å². The Bertz CT molecular complexity index is 823. The van der Waals surface area contributed by atoms with Gasteiger partial charge in [0, 0.05) is 5.56 Å². The third-order valence-corrected chi connectivity index (χ3v) is 3.53. The molecule has 1 aliphatic heterocycles. The summed E-state index contributed by atoms with van der Waals surface area (Å²) in [7, 11) is 0. The number of rotatable bonds is 2. The van der Waals surface area contributed by atoms with E-state index in [2.05, 4.69) is 15.5 Å². The van der Waals surface area contributed by atoms with Crippen molar-refractivity contribution in [1.29, 1.82) is 0 Å². The van der Waals surface area contributed by atoms with Crippen molar-refractivity contribution in [2.75, 3.05) is 0 Å². The van der Waals surface area contributed by atoms with Gasteiger partial charge in [-0.2, -0.15) is 5.10 Å². The summed E-state index contributed by atoms with van der Waals surface area (Å²) in [6.07, 6.45) is 1.55. The molecule has 4 rings (SSSR count). The summed E-state index contributed by atoms with van der Waals surface area (Å²) in [5.41, 5.74) is 2.29. The van der Waals surface area contributed by atoms with Crippen LogP contribution in [0.5, 0.6) is 0 Å². The number of aromatic nitrogens is 2. The molecule has 21 heavy (non-hydrogen) atoms. The zero-order valence-corrected chi connectivity index (χ0v) is 10.8. The molecule has 0 fully saturated rings. The van der Waals surface area contributed by atoms with Gasteiger partial charge in [0.15, 0.2) is 11.5 Å². The number of hydrogen-bond acceptors (Lipinski definition) is 3. The first kappa shape index (κ1) is 11.9. The fourth-order valence-corrected chi connectivity index (χ4v) is 2.62. The van der Waals surface area contributed by atoms with Gasteiger partial charge in [0.25, 0.3) is 5.91 Å². The second kappa shape index (κ2) is 4.31. The van der Waals surface area contributed by atoms with Crippen LogP contribution in [-0.2, 0) is 0 Å².